The van der Waals surface area contributed by atoms with E-state index in [4.69, 9.17) is 5.26 Å². The van der Waals surface area contributed by atoms with Gasteiger partial charge in [-0.2, -0.15) is 10.4 Å². The molecule has 0 saturated carbocycles. The fourth-order valence-corrected chi connectivity index (χ4v) is 2.67. The second kappa shape index (κ2) is 7.53. The third kappa shape index (κ3) is 3.90. The van der Waals surface area contributed by atoms with Gasteiger partial charge in [-0.05, 0) is 42.3 Å². The summed E-state index contributed by atoms with van der Waals surface area (Å²) in [5, 5.41) is 18.8. The lowest BCUT2D eigenvalue weighted by Gasteiger charge is -2.12. The van der Waals surface area contributed by atoms with Crippen LogP contribution in [0.2, 0.25) is 0 Å². The van der Waals surface area contributed by atoms with E-state index in [1.807, 2.05) is 44.3 Å². The van der Waals surface area contributed by atoms with Crippen LogP contribution in [0.3, 0.4) is 0 Å². The van der Waals surface area contributed by atoms with Crippen molar-refractivity contribution in [2.45, 2.75) is 13.5 Å². The number of carbonyl (C=O) groups is 1. The molecule has 0 aliphatic rings. The number of benzene rings is 2. The van der Waals surface area contributed by atoms with Crippen molar-refractivity contribution in [1.29, 1.82) is 5.26 Å². The molecule has 0 saturated heterocycles. The predicted molar refractivity (Wildman–Crippen MR) is 100 cm³/mol. The molecule has 1 aromatic heterocycles. The van der Waals surface area contributed by atoms with Crippen LogP contribution in [0.25, 0.3) is 11.3 Å². The molecule has 0 spiro atoms. The van der Waals surface area contributed by atoms with Crippen molar-refractivity contribution in [3.05, 3.63) is 71.4 Å². The number of nitriles is 1. The van der Waals surface area contributed by atoms with Gasteiger partial charge < -0.3 is 10.6 Å². The van der Waals surface area contributed by atoms with E-state index in [0.717, 1.165) is 28.1 Å². The summed E-state index contributed by atoms with van der Waals surface area (Å²) in [4.78, 5) is 12.3. The molecule has 130 valence electrons. The lowest BCUT2D eigenvalue weighted by Crippen LogP contribution is -2.28. The number of nitrogens with zero attached hydrogens (tertiary/aromatic N) is 3. The van der Waals surface area contributed by atoms with Crippen molar-refractivity contribution < 1.29 is 4.79 Å². The Labute approximate surface area is 152 Å². The van der Waals surface area contributed by atoms with Crippen molar-refractivity contribution in [3.8, 4) is 17.3 Å². The Kier molecular flexibility index (Phi) is 4.99. The number of aryl methyl sites for hydroxylation is 2. The molecule has 0 radical (unpaired) electrons. The zero-order chi connectivity index (χ0) is 18.5. The molecule has 0 fully saturated rings. The van der Waals surface area contributed by atoms with Crippen LogP contribution in [0.4, 0.5) is 10.5 Å². The molecule has 6 heteroatoms. The van der Waals surface area contributed by atoms with Crippen LogP contribution in [-0.4, -0.2) is 15.8 Å². The Morgan fingerprint density at radius 3 is 2.81 bits per heavy atom. The van der Waals surface area contributed by atoms with Gasteiger partial charge in [0.15, 0.2) is 0 Å². The van der Waals surface area contributed by atoms with Gasteiger partial charge in [-0.1, -0.05) is 24.3 Å². The Bertz CT molecular complexity index is 984. The van der Waals surface area contributed by atoms with Crippen molar-refractivity contribution >= 4 is 11.7 Å². The zero-order valence-electron chi connectivity index (χ0n) is 14.7. The Morgan fingerprint density at radius 2 is 2.08 bits per heavy atom. The van der Waals surface area contributed by atoms with Gasteiger partial charge >= 0.3 is 6.03 Å². The maximum Gasteiger partial charge on any atom is 0.319 e. The average Bonchev–Trinajstić information content (AvgIpc) is 3.08. The van der Waals surface area contributed by atoms with E-state index >= 15 is 0 Å². The first-order valence-corrected chi connectivity index (χ1v) is 8.20. The summed E-state index contributed by atoms with van der Waals surface area (Å²) in [6.07, 6.45) is 1.74. The SMILES string of the molecule is Cc1ccc(-c2ccnn2C)cc1NC(=O)NCc1cccc(C#N)c1. The molecule has 0 bridgehead atoms. The summed E-state index contributed by atoms with van der Waals surface area (Å²) in [6, 6.07) is 16.8. The molecular formula is C20H19N5O. The van der Waals surface area contributed by atoms with Crippen LogP contribution >= 0.6 is 0 Å². The molecule has 6 nitrogen and oxygen atoms in total. The minimum atomic E-state index is -0.294. The van der Waals surface area contributed by atoms with Crippen LogP contribution in [-0.2, 0) is 13.6 Å². The normalized spacial score (nSPS) is 10.2. The van der Waals surface area contributed by atoms with Crippen molar-refractivity contribution in [2.24, 2.45) is 7.05 Å². The highest BCUT2D eigenvalue weighted by Crippen LogP contribution is 2.24. The lowest BCUT2D eigenvalue weighted by molar-refractivity contribution is 0.251. The van der Waals surface area contributed by atoms with Gasteiger partial charge in [0.05, 0.1) is 17.3 Å². The number of hydrogen-bond donors (Lipinski definition) is 2. The maximum absolute atomic E-state index is 12.3. The number of amides is 2. The summed E-state index contributed by atoms with van der Waals surface area (Å²) in [6.45, 7) is 2.29. The van der Waals surface area contributed by atoms with Gasteiger partial charge in [-0.15, -0.1) is 0 Å². The quantitative estimate of drug-likeness (QED) is 0.758. The average molecular weight is 345 g/mol. The smallest absolute Gasteiger partial charge is 0.319 e. The molecule has 1 heterocycles. The van der Waals surface area contributed by atoms with E-state index in [9.17, 15) is 4.79 Å². The number of anilines is 1. The highest BCUT2D eigenvalue weighted by Gasteiger charge is 2.08. The van der Waals surface area contributed by atoms with Crippen molar-refractivity contribution in [2.75, 3.05) is 5.32 Å². The number of urea groups is 1. The third-order valence-corrected chi connectivity index (χ3v) is 4.11. The first-order valence-electron chi connectivity index (χ1n) is 8.20. The molecule has 3 aromatic rings. The molecule has 2 amide bonds. The number of carbonyl (C=O) groups excluding carboxylic acids is 1. The number of aromatic nitrogens is 2. The highest BCUT2D eigenvalue weighted by molar-refractivity contribution is 5.91. The topological polar surface area (TPSA) is 82.7 Å². The summed E-state index contributed by atoms with van der Waals surface area (Å²) in [5.41, 5.74) is 5.11. The third-order valence-electron chi connectivity index (χ3n) is 4.11. The number of rotatable bonds is 4. The van der Waals surface area contributed by atoms with Gasteiger partial charge in [0.25, 0.3) is 0 Å². The predicted octanol–water partition coefficient (Wildman–Crippen LogP) is 3.59. The Balaban J connectivity index is 1.69. The second-order valence-electron chi connectivity index (χ2n) is 5.99. The van der Waals surface area contributed by atoms with Gasteiger partial charge in [-0.3, -0.25) is 4.68 Å². The zero-order valence-corrected chi connectivity index (χ0v) is 14.7. The standard InChI is InChI=1S/C20H19N5O/c1-14-6-7-17(19-8-9-23-25(19)2)11-18(14)24-20(26)22-13-16-5-3-4-15(10-16)12-21/h3-11H,13H2,1-2H3,(H2,22,24,26). The van der Waals surface area contributed by atoms with Gasteiger partial charge in [-0.25, -0.2) is 4.79 Å². The van der Waals surface area contributed by atoms with Crippen molar-refractivity contribution in [3.63, 3.8) is 0 Å². The molecule has 0 unspecified atom stereocenters. The minimum absolute atomic E-state index is 0.294. The summed E-state index contributed by atoms with van der Waals surface area (Å²) in [5.74, 6) is 0. The molecule has 0 atom stereocenters. The van der Waals surface area contributed by atoms with Gasteiger partial charge in [0.1, 0.15) is 0 Å². The van der Waals surface area contributed by atoms with E-state index < -0.39 is 0 Å². The number of nitrogens with one attached hydrogen (secondary N) is 2. The first kappa shape index (κ1) is 17.2. The Morgan fingerprint density at radius 1 is 1.23 bits per heavy atom. The molecule has 0 aliphatic heterocycles. The van der Waals surface area contributed by atoms with E-state index in [1.165, 1.54) is 0 Å². The van der Waals surface area contributed by atoms with Gasteiger partial charge in [0, 0.05) is 31.0 Å². The molecule has 0 aliphatic carbocycles. The highest BCUT2D eigenvalue weighted by atomic mass is 16.2. The van der Waals surface area contributed by atoms with Crippen molar-refractivity contribution in [1.82, 2.24) is 15.1 Å². The summed E-state index contributed by atoms with van der Waals surface area (Å²) >= 11 is 0. The van der Waals surface area contributed by atoms with Crippen LogP contribution in [0.1, 0.15) is 16.7 Å². The fourth-order valence-electron chi connectivity index (χ4n) is 2.67. The lowest BCUT2D eigenvalue weighted by atomic mass is 10.1. The molecular weight excluding hydrogens is 326 g/mol. The van der Waals surface area contributed by atoms with Crippen LogP contribution in [0.5, 0.6) is 0 Å². The summed E-state index contributed by atoms with van der Waals surface area (Å²) < 4.78 is 1.79. The largest absolute Gasteiger partial charge is 0.334 e. The van der Waals surface area contributed by atoms with Gasteiger partial charge in [0.2, 0.25) is 0 Å². The fraction of sp³-hybridized carbons (Fsp3) is 0.150. The van der Waals surface area contributed by atoms with E-state index in [2.05, 4.69) is 21.8 Å². The van der Waals surface area contributed by atoms with E-state index in [-0.39, 0.29) is 6.03 Å². The molecule has 26 heavy (non-hydrogen) atoms. The first-order chi connectivity index (χ1) is 12.6. The monoisotopic (exact) mass is 345 g/mol. The van der Waals surface area contributed by atoms with Crippen LogP contribution in [0.15, 0.2) is 54.7 Å². The second-order valence-corrected chi connectivity index (χ2v) is 5.99. The molecule has 3 rings (SSSR count). The van der Waals surface area contributed by atoms with Crippen LogP contribution in [0, 0.1) is 18.3 Å². The van der Waals surface area contributed by atoms with Crippen LogP contribution < -0.4 is 10.6 Å². The van der Waals surface area contributed by atoms with E-state index in [1.54, 1.807) is 29.1 Å². The summed E-state index contributed by atoms with van der Waals surface area (Å²) in [7, 11) is 1.88. The Hall–Kier alpha value is -3.59. The number of hydrogen-bond acceptors (Lipinski definition) is 3. The van der Waals surface area contributed by atoms with E-state index in [0.29, 0.717) is 12.1 Å². The maximum atomic E-state index is 12.3. The molecule has 2 N–H and O–H groups in total. The molecule has 2 aromatic carbocycles. The minimum Gasteiger partial charge on any atom is -0.334 e.